The van der Waals surface area contributed by atoms with Gasteiger partial charge < -0.3 is 44.6 Å². The highest BCUT2D eigenvalue weighted by atomic mass is 31.2. The quantitative estimate of drug-likeness (QED) is 0.0154. The molecule has 0 aliphatic heterocycles. The fraction of sp³-hybridized carbons (Fsp3) is 0.850. The number of hydrogen-bond donors (Lipinski definition) is 7. The number of carbonyl (C=O) groups excluding carboxylic acids is 2. The molecule has 1 unspecified atom stereocenters. The lowest BCUT2D eigenvalue weighted by Gasteiger charge is -2.20. The number of aliphatic hydroxyl groups is 4. The minimum atomic E-state index is -4.90. The summed E-state index contributed by atoms with van der Waals surface area (Å²) in [6.07, 6.45) is 17.5. The van der Waals surface area contributed by atoms with E-state index >= 15 is 0 Å². The van der Waals surface area contributed by atoms with Gasteiger partial charge in [-0.05, 0) is 31.1 Å². The monoisotopic (exact) mass is 872 g/mol. The highest BCUT2D eigenvalue weighted by molar-refractivity contribution is 7.47. The molecule has 0 spiro atoms. The molecule has 1 aliphatic carbocycles. The minimum absolute atomic E-state index is 0.0673. The van der Waals surface area contributed by atoms with Crippen LogP contribution >= 0.6 is 15.6 Å². The van der Waals surface area contributed by atoms with E-state index in [-0.39, 0.29) is 31.1 Å². The summed E-state index contributed by atoms with van der Waals surface area (Å²) in [7, 11) is -9.78. The molecule has 1 aliphatic rings. The molecule has 0 aromatic carbocycles. The van der Waals surface area contributed by atoms with Crippen molar-refractivity contribution < 1.29 is 76.9 Å². The number of rotatable bonds is 35. The normalized spacial score (nSPS) is 21.4. The van der Waals surface area contributed by atoms with Crippen LogP contribution in [0, 0.1) is 17.8 Å². The van der Waals surface area contributed by atoms with Crippen molar-refractivity contribution in [3.05, 3.63) is 24.3 Å². The molecule has 1 rings (SSSR count). The van der Waals surface area contributed by atoms with Gasteiger partial charge in [0.2, 0.25) is 0 Å². The van der Waals surface area contributed by atoms with Crippen LogP contribution in [0.1, 0.15) is 143 Å². The summed E-state index contributed by atoms with van der Waals surface area (Å²) >= 11 is 0. The molecule has 1 saturated carbocycles. The first kappa shape index (κ1) is 54.5. The van der Waals surface area contributed by atoms with Crippen molar-refractivity contribution in [3.63, 3.8) is 0 Å². The molecule has 0 aromatic rings. The first-order valence-electron chi connectivity index (χ1n) is 21.1. The number of ether oxygens (including phenoxy) is 2. The van der Waals surface area contributed by atoms with Crippen molar-refractivity contribution in [1.29, 1.82) is 0 Å². The molecule has 0 saturated heterocycles. The van der Waals surface area contributed by atoms with E-state index in [0.717, 1.165) is 50.9 Å². The Kier molecular flexibility index (Phi) is 29.5. The summed E-state index contributed by atoms with van der Waals surface area (Å²) < 4.78 is 47.7. The van der Waals surface area contributed by atoms with Crippen LogP contribution in [0.3, 0.4) is 0 Å². The van der Waals surface area contributed by atoms with Gasteiger partial charge in [0.1, 0.15) is 12.7 Å². The molecular formula is C40H74O16P2. The molecule has 7 N–H and O–H groups in total. The fourth-order valence-corrected chi connectivity index (χ4v) is 7.72. The van der Waals surface area contributed by atoms with Crippen molar-refractivity contribution in [3.8, 4) is 0 Å². The van der Waals surface area contributed by atoms with E-state index < -0.39 is 84.5 Å². The van der Waals surface area contributed by atoms with Gasteiger partial charge in [-0.3, -0.25) is 23.2 Å². The topological polar surface area (TPSA) is 256 Å². The Labute approximate surface area is 345 Å². The predicted molar refractivity (Wildman–Crippen MR) is 218 cm³/mol. The molecule has 18 heteroatoms. The number of hydrogen-bond acceptors (Lipinski definition) is 13. The Balaban J connectivity index is 2.64. The molecule has 340 valence electrons. The predicted octanol–water partition coefficient (Wildman–Crippen LogP) is 6.57. The van der Waals surface area contributed by atoms with E-state index in [1.807, 2.05) is 0 Å². The van der Waals surface area contributed by atoms with E-state index in [1.165, 1.54) is 38.5 Å². The summed E-state index contributed by atoms with van der Waals surface area (Å²) in [6.45, 7) is 3.55. The van der Waals surface area contributed by atoms with Crippen LogP contribution < -0.4 is 0 Å². The summed E-state index contributed by atoms with van der Waals surface area (Å²) in [5.74, 6) is -1.28. The summed E-state index contributed by atoms with van der Waals surface area (Å²) in [5.41, 5.74) is 0. The summed E-state index contributed by atoms with van der Waals surface area (Å²) in [5, 5.41) is 41.1. The van der Waals surface area contributed by atoms with E-state index in [4.69, 9.17) is 23.8 Å². The second-order valence-corrected chi connectivity index (χ2v) is 18.4. The average Bonchev–Trinajstić information content (AvgIpc) is 3.42. The van der Waals surface area contributed by atoms with Gasteiger partial charge in [-0.1, -0.05) is 129 Å². The van der Waals surface area contributed by atoms with Gasteiger partial charge in [0, 0.05) is 18.8 Å². The zero-order valence-electron chi connectivity index (χ0n) is 34.9. The van der Waals surface area contributed by atoms with E-state index in [0.29, 0.717) is 19.3 Å². The Hall–Kier alpha value is -1.52. The number of esters is 2. The zero-order chi connectivity index (χ0) is 43.4. The van der Waals surface area contributed by atoms with Crippen LogP contribution in [0.25, 0.3) is 0 Å². The van der Waals surface area contributed by atoms with Crippen LogP contribution in [0.4, 0.5) is 0 Å². The van der Waals surface area contributed by atoms with Gasteiger partial charge in [-0.15, -0.1) is 0 Å². The molecule has 1 fully saturated rings. The van der Waals surface area contributed by atoms with Gasteiger partial charge in [0.25, 0.3) is 0 Å². The van der Waals surface area contributed by atoms with Crippen molar-refractivity contribution in [1.82, 2.24) is 0 Å². The van der Waals surface area contributed by atoms with Crippen LogP contribution in [-0.4, -0.2) is 104 Å². The maximum absolute atomic E-state index is 12.7. The van der Waals surface area contributed by atoms with E-state index in [1.54, 1.807) is 24.3 Å². The molecular weight excluding hydrogens is 798 g/mol. The number of phosphoric acid groups is 2. The molecule has 0 bridgehead atoms. The number of unbranched alkanes of at least 4 members (excludes halogenated alkanes) is 11. The highest BCUT2D eigenvalue weighted by Crippen LogP contribution is 2.44. The second-order valence-electron chi connectivity index (χ2n) is 15.7. The van der Waals surface area contributed by atoms with Crippen molar-refractivity contribution in [2.24, 2.45) is 17.8 Å². The third-order valence-corrected chi connectivity index (χ3v) is 11.3. The largest absolute Gasteiger partial charge is 0.472 e. The molecule has 0 aromatic heterocycles. The maximum Gasteiger partial charge on any atom is 0.472 e. The molecule has 8 atom stereocenters. The molecule has 0 radical (unpaired) electrons. The number of phosphoric ester groups is 2. The third kappa shape index (κ3) is 28.9. The SMILES string of the molecule is CCCCC[C@@H](O)/C=C/[C@@H]1[C@H](C/C=C\CC(=O)OC[C@H](COP(=O)(O)OC[C@@H](O)COP(=O)(O)O)OC(=O)CCCCCCCCCCCCC(C)C)[C@@H](O)C[C@H]1O. The lowest BCUT2D eigenvalue weighted by Crippen LogP contribution is -2.29. The van der Waals surface area contributed by atoms with Crippen LogP contribution in [0.15, 0.2) is 24.3 Å². The fourth-order valence-electron chi connectivity index (χ4n) is 6.56. The van der Waals surface area contributed by atoms with Crippen molar-refractivity contribution >= 4 is 27.6 Å². The van der Waals surface area contributed by atoms with Gasteiger partial charge >= 0.3 is 27.6 Å². The van der Waals surface area contributed by atoms with Crippen molar-refractivity contribution in [2.45, 2.75) is 173 Å². The number of aliphatic hydroxyl groups excluding tert-OH is 4. The number of allylic oxidation sites excluding steroid dienone is 1. The maximum atomic E-state index is 12.7. The molecule has 58 heavy (non-hydrogen) atoms. The van der Waals surface area contributed by atoms with E-state index in [9.17, 15) is 44.0 Å². The first-order valence-corrected chi connectivity index (χ1v) is 24.2. The first-order chi connectivity index (χ1) is 27.4. The Morgan fingerprint density at radius 2 is 1.31 bits per heavy atom. The summed E-state index contributed by atoms with van der Waals surface area (Å²) in [6, 6.07) is 0. The Morgan fingerprint density at radius 1 is 0.724 bits per heavy atom. The van der Waals surface area contributed by atoms with Crippen LogP contribution in [0.2, 0.25) is 0 Å². The highest BCUT2D eigenvalue weighted by Gasteiger charge is 2.39. The lowest BCUT2D eigenvalue weighted by atomic mass is 9.89. The zero-order valence-corrected chi connectivity index (χ0v) is 36.7. The van der Waals surface area contributed by atoms with Crippen LogP contribution in [0.5, 0.6) is 0 Å². The average molecular weight is 873 g/mol. The standard InChI is InChI=1S/C40H74O16P2/c1-4-5-14-20-32(41)24-25-36-35(37(43)26-38(36)44)21-17-18-22-39(45)52-29-34(30-55-58(50,51)54-28-33(42)27-53-57(47,48)49)56-40(46)23-16-13-11-9-7-6-8-10-12-15-19-31(2)3/h17-18,24-25,31-38,41-44H,4-16,19-23,26-30H2,1-3H3,(H,50,51)(H2,47,48,49)/b18-17-,25-24+/t32-,33+,34-,35+,36-,37+,38-/m1/s1. The molecule has 16 nitrogen and oxygen atoms in total. The van der Waals surface area contributed by atoms with E-state index in [2.05, 4.69) is 29.8 Å². The number of carbonyl (C=O) groups is 2. The molecule has 0 heterocycles. The second kappa shape index (κ2) is 31.3. The van der Waals surface area contributed by atoms with Gasteiger partial charge in [0.15, 0.2) is 6.10 Å². The lowest BCUT2D eigenvalue weighted by molar-refractivity contribution is -0.160. The molecule has 0 amide bonds. The van der Waals surface area contributed by atoms with Crippen LogP contribution in [-0.2, 0) is 41.8 Å². The van der Waals surface area contributed by atoms with Crippen molar-refractivity contribution in [2.75, 3.05) is 26.4 Å². The van der Waals surface area contributed by atoms with Gasteiger partial charge in [-0.25, -0.2) is 9.13 Å². The third-order valence-electron chi connectivity index (χ3n) is 9.86. The Bertz CT molecular complexity index is 1260. The minimum Gasteiger partial charge on any atom is -0.461 e. The smallest absolute Gasteiger partial charge is 0.461 e. The van der Waals surface area contributed by atoms with Gasteiger partial charge in [-0.2, -0.15) is 0 Å². The summed E-state index contributed by atoms with van der Waals surface area (Å²) in [4.78, 5) is 52.9. The Morgan fingerprint density at radius 3 is 1.93 bits per heavy atom. The van der Waals surface area contributed by atoms with Gasteiger partial charge in [0.05, 0.1) is 44.6 Å².